The van der Waals surface area contributed by atoms with Gasteiger partial charge in [0.2, 0.25) is 5.91 Å². The summed E-state index contributed by atoms with van der Waals surface area (Å²) in [5.74, 6) is 0.140. The van der Waals surface area contributed by atoms with E-state index in [2.05, 4.69) is 4.98 Å². The summed E-state index contributed by atoms with van der Waals surface area (Å²) >= 11 is 0. The summed E-state index contributed by atoms with van der Waals surface area (Å²) in [5, 5.41) is 0.692. The zero-order chi connectivity index (χ0) is 17.4. The van der Waals surface area contributed by atoms with E-state index >= 15 is 0 Å². The molecule has 5 nitrogen and oxygen atoms in total. The van der Waals surface area contributed by atoms with Crippen molar-refractivity contribution >= 4 is 16.8 Å². The maximum atomic E-state index is 12.7. The van der Waals surface area contributed by atoms with Gasteiger partial charge in [0.05, 0.1) is 12.2 Å². The van der Waals surface area contributed by atoms with Crippen LogP contribution in [0.15, 0.2) is 29.1 Å². The molecule has 4 rings (SSSR count). The van der Waals surface area contributed by atoms with Gasteiger partial charge in [-0.1, -0.05) is 12.1 Å². The summed E-state index contributed by atoms with van der Waals surface area (Å²) in [7, 11) is 0. The van der Waals surface area contributed by atoms with Crippen LogP contribution >= 0.6 is 0 Å². The van der Waals surface area contributed by atoms with Gasteiger partial charge < -0.3 is 14.6 Å². The minimum absolute atomic E-state index is 0.0418. The number of piperidine rings is 1. The average Bonchev–Trinajstić information content (AvgIpc) is 2.60. The average molecular weight is 340 g/mol. The van der Waals surface area contributed by atoms with Crippen LogP contribution in [0.4, 0.5) is 0 Å². The van der Waals surface area contributed by atoms with Crippen molar-refractivity contribution in [2.45, 2.75) is 44.6 Å². The topological polar surface area (TPSA) is 62.4 Å². The number of aromatic amines is 1. The normalized spacial score (nSPS) is 19.2. The molecule has 132 valence electrons. The molecule has 2 aromatic rings. The fourth-order valence-electron chi connectivity index (χ4n) is 4.04. The number of H-pyrrole nitrogens is 1. The number of carbonyl (C=O) groups excluding carboxylic acids is 1. The molecule has 1 aromatic carbocycles. The number of para-hydroxylation sites is 1. The van der Waals surface area contributed by atoms with E-state index in [9.17, 15) is 9.59 Å². The number of nitrogens with zero attached hydrogens (tertiary/aromatic N) is 1. The smallest absolute Gasteiger partial charge is 0.222 e. The fourth-order valence-corrected chi connectivity index (χ4v) is 4.04. The molecule has 0 bridgehead atoms. The molecule has 1 N–H and O–H groups in total. The number of ether oxygens (including phenoxy) is 1. The second kappa shape index (κ2) is 6.30. The van der Waals surface area contributed by atoms with Crippen molar-refractivity contribution in [2.24, 2.45) is 0 Å². The molecule has 1 amide bonds. The Morgan fingerprint density at radius 3 is 2.64 bits per heavy atom. The quantitative estimate of drug-likeness (QED) is 0.934. The molecule has 25 heavy (non-hydrogen) atoms. The zero-order valence-electron chi connectivity index (χ0n) is 14.6. The van der Waals surface area contributed by atoms with E-state index in [-0.39, 0.29) is 16.9 Å². The van der Waals surface area contributed by atoms with Gasteiger partial charge in [0.15, 0.2) is 5.43 Å². The number of likely N-dealkylation sites (tertiary alicyclic amines) is 1. The van der Waals surface area contributed by atoms with Crippen LogP contribution in [0, 0.1) is 6.92 Å². The lowest BCUT2D eigenvalue weighted by Crippen LogP contribution is -2.53. The van der Waals surface area contributed by atoms with Gasteiger partial charge in [0.1, 0.15) is 0 Å². The predicted octanol–water partition coefficient (Wildman–Crippen LogP) is 2.55. The van der Waals surface area contributed by atoms with Crippen molar-refractivity contribution in [3.63, 3.8) is 0 Å². The van der Waals surface area contributed by atoms with Crippen LogP contribution in [0.2, 0.25) is 0 Å². The van der Waals surface area contributed by atoms with Gasteiger partial charge in [0, 0.05) is 41.7 Å². The molecule has 2 fully saturated rings. The molecule has 0 unspecified atom stereocenters. The molecular formula is C20H24N2O3. The highest BCUT2D eigenvalue weighted by Crippen LogP contribution is 2.36. The van der Waals surface area contributed by atoms with Gasteiger partial charge in [-0.15, -0.1) is 0 Å². The summed E-state index contributed by atoms with van der Waals surface area (Å²) < 4.78 is 5.71. The number of carbonyl (C=O) groups is 1. The van der Waals surface area contributed by atoms with Gasteiger partial charge in [0.25, 0.3) is 0 Å². The highest BCUT2D eigenvalue weighted by molar-refractivity contribution is 5.80. The van der Waals surface area contributed by atoms with E-state index in [4.69, 9.17) is 4.74 Å². The van der Waals surface area contributed by atoms with Gasteiger partial charge in [-0.3, -0.25) is 9.59 Å². The summed E-state index contributed by atoms with van der Waals surface area (Å²) in [6.45, 7) is 4.31. The first kappa shape index (κ1) is 16.3. The van der Waals surface area contributed by atoms with Crippen molar-refractivity contribution in [3.05, 3.63) is 45.7 Å². The van der Waals surface area contributed by atoms with Crippen LogP contribution < -0.4 is 5.43 Å². The van der Waals surface area contributed by atoms with E-state index in [1.165, 1.54) is 0 Å². The van der Waals surface area contributed by atoms with Crippen LogP contribution in [0.1, 0.15) is 36.9 Å². The van der Waals surface area contributed by atoms with Gasteiger partial charge in [-0.25, -0.2) is 0 Å². The van der Waals surface area contributed by atoms with Crippen LogP contribution in [0.5, 0.6) is 0 Å². The summed E-state index contributed by atoms with van der Waals surface area (Å²) in [4.78, 5) is 30.5. The number of hydrogen-bond donors (Lipinski definition) is 1. The Morgan fingerprint density at radius 1 is 1.24 bits per heavy atom. The van der Waals surface area contributed by atoms with Gasteiger partial charge >= 0.3 is 0 Å². The van der Waals surface area contributed by atoms with Crippen molar-refractivity contribution in [1.82, 2.24) is 9.88 Å². The summed E-state index contributed by atoms with van der Waals surface area (Å²) in [6.07, 6.45) is 3.88. The lowest BCUT2D eigenvalue weighted by atomic mass is 9.84. The zero-order valence-corrected chi connectivity index (χ0v) is 14.6. The molecule has 2 aliphatic heterocycles. The van der Waals surface area contributed by atoms with Gasteiger partial charge in [-0.2, -0.15) is 0 Å². The molecule has 1 spiro atoms. The Bertz CT molecular complexity index is 857. The summed E-state index contributed by atoms with van der Waals surface area (Å²) in [6, 6.07) is 7.52. The lowest BCUT2D eigenvalue weighted by molar-refractivity contribution is -0.176. The molecule has 5 heteroatoms. The monoisotopic (exact) mass is 340 g/mol. The van der Waals surface area contributed by atoms with Crippen molar-refractivity contribution in [3.8, 4) is 0 Å². The number of hydrogen-bond acceptors (Lipinski definition) is 3. The SMILES string of the molecule is Cc1[nH]c2ccccc2c(=O)c1CCC(=O)N1CCC2(CCO2)CC1. The van der Waals surface area contributed by atoms with E-state index in [0.29, 0.717) is 18.2 Å². The standard InChI is InChI=1S/C20H24N2O3/c1-14-15(19(24)16-4-2-3-5-17(16)21-14)6-7-18(23)22-11-8-20(9-12-22)10-13-25-20/h2-5H,6-13H2,1H3,(H,21,24). The minimum atomic E-state index is 0.0418. The number of pyridine rings is 1. The first-order valence-corrected chi connectivity index (χ1v) is 9.10. The summed E-state index contributed by atoms with van der Waals surface area (Å²) in [5.41, 5.74) is 2.53. The predicted molar refractivity (Wildman–Crippen MR) is 96.7 cm³/mol. The number of fused-ring (bicyclic) bond motifs is 1. The van der Waals surface area contributed by atoms with E-state index in [1.54, 1.807) is 0 Å². The number of amides is 1. The molecule has 0 aliphatic carbocycles. The molecule has 1 aromatic heterocycles. The highest BCUT2D eigenvalue weighted by Gasteiger charge is 2.41. The Kier molecular flexibility index (Phi) is 4.12. The number of aryl methyl sites for hydroxylation is 1. The van der Waals surface area contributed by atoms with Crippen molar-refractivity contribution in [1.29, 1.82) is 0 Å². The Morgan fingerprint density at radius 2 is 1.96 bits per heavy atom. The molecule has 2 saturated heterocycles. The van der Waals surface area contributed by atoms with E-state index < -0.39 is 0 Å². The first-order valence-electron chi connectivity index (χ1n) is 9.10. The van der Waals surface area contributed by atoms with Crippen molar-refractivity contribution < 1.29 is 9.53 Å². The van der Waals surface area contributed by atoms with E-state index in [0.717, 1.165) is 55.7 Å². The third kappa shape index (κ3) is 2.97. The highest BCUT2D eigenvalue weighted by atomic mass is 16.5. The number of aromatic nitrogens is 1. The maximum Gasteiger partial charge on any atom is 0.222 e. The molecule has 3 heterocycles. The number of nitrogens with one attached hydrogen (secondary N) is 1. The molecular weight excluding hydrogens is 316 g/mol. The van der Waals surface area contributed by atoms with Gasteiger partial charge in [-0.05, 0) is 44.7 Å². The molecule has 2 aliphatic rings. The Hall–Kier alpha value is -2.14. The largest absolute Gasteiger partial charge is 0.375 e. The maximum absolute atomic E-state index is 12.7. The third-order valence-electron chi connectivity index (χ3n) is 5.80. The van der Waals surface area contributed by atoms with Crippen LogP contribution in [0.3, 0.4) is 0 Å². The molecule has 0 saturated carbocycles. The lowest BCUT2D eigenvalue weighted by Gasteiger charge is -2.47. The van der Waals surface area contributed by atoms with E-state index in [1.807, 2.05) is 36.1 Å². The Balaban J connectivity index is 1.44. The second-order valence-corrected chi connectivity index (χ2v) is 7.27. The van der Waals surface area contributed by atoms with Crippen LogP contribution in [-0.2, 0) is 16.0 Å². The first-order chi connectivity index (χ1) is 12.1. The fraction of sp³-hybridized carbons (Fsp3) is 0.500. The Labute approximate surface area is 147 Å². The number of benzene rings is 1. The van der Waals surface area contributed by atoms with Crippen LogP contribution in [0.25, 0.3) is 10.9 Å². The second-order valence-electron chi connectivity index (χ2n) is 7.27. The molecule has 0 radical (unpaired) electrons. The van der Waals surface area contributed by atoms with Crippen LogP contribution in [-0.4, -0.2) is 41.1 Å². The van der Waals surface area contributed by atoms with Crippen molar-refractivity contribution in [2.75, 3.05) is 19.7 Å². The number of rotatable bonds is 3. The molecule has 0 atom stereocenters. The third-order valence-corrected chi connectivity index (χ3v) is 5.80. The minimum Gasteiger partial charge on any atom is -0.375 e.